The molecule has 2 heteroatoms. The molecule has 1 aliphatic carbocycles. The van der Waals surface area contributed by atoms with Gasteiger partial charge < -0.3 is 11.1 Å². The van der Waals surface area contributed by atoms with Crippen LogP contribution in [0.15, 0.2) is 11.9 Å². The lowest BCUT2D eigenvalue weighted by molar-refractivity contribution is 0.416. The van der Waals surface area contributed by atoms with Gasteiger partial charge in [-0.2, -0.15) is 0 Å². The lowest BCUT2D eigenvalue weighted by atomic mass is 9.89. The van der Waals surface area contributed by atoms with E-state index in [9.17, 15) is 0 Å². The second-order valence-electron chi connectivity index (χ2n) is 3.70. The Kier molecular flexibility index (Phi) is 2.12. The molecule has 0 aliphatic heterocycles. The lowest BCUT2D eigenvalue weighted by Gasteiger charge is -2.19. The summed E-state index contributed by atoms with van der Waals surface area (Å²) in [5, 5.41) is 2.98. The molecule has 1 saturated carbocycles. The highest BCUT2D eigenvalue weighted by molar-refractivity contribution is 5.19. The van der Waals surface area contributed by atoms with Crippen molar-refractivity contribution in [1.82, 2.24) is 5.32 Å². The van der Waals surface area contributed by atoms with Crippen LogP contribution in [0.4, 0.5) is 0 Å². The molecule has 0 unspecified atom stereocenters. The van der Waals surface area contributed by atoms with E-state index in [1.54, 1.807) is 0 Å². The molecule has 0 heterocycles. The number of rotatable bonds is 3. The van der Waals surface area contributed by atoms with E-state index in [2.05, 4.69) is 19.2 Å². The second-order valence-corrected chi connectivity index (χ2v) is 3.70. The smallest absolute Gasteiger partial charge is 0.0305 e. The van der Waals surface area contributed by atoms with Crippen LogP contribution in [0.5, 0.6) is 0 Å². The molecule has 64 valence electrons. The van der Waals surface area contributed by atoms with Gasteiger partial charge >= 0.3 is 0 Å². The van der Waals surface area contributed by atoms with Crippen LogP contribution in [0, 0.1) is 11.3 Å². The number of nitrogens with two attached hydrogens (primary N) is 1. The molecule has 2 nitrogen and oxygen atoms in total. The minimum Gasteiger partial charge on any atom is -0.400 e. The SMILES string of the molecule is CN/C=C(\N)C1(C(C)C)CC1. The van der Waals surface area contributed by atoms with Crippen LogP contribution in [0.3, 0.4) is 0 Å². The van der Waals surface area contributed by atoms with Gasteiger partial charge in [0.15, 0.2) is 0 Å². The molecule has 1 rings (SSSR count). The van der Waals surface area contributed by atoms with Crippen LogP contribution < -0.4 is 11.1 Å². The van der Waals surface area contributed by atoms with Crippen LogP contribution in [-0.2, 0) is 0 Å². The van der Waals surface area contributed by atoms with Gasteiger partial charge in [0.2, 0.25) is 0 Å². The lowest BCUT2D eigenvalue weighted by Crippen LogP contribution is -2.20. The van der Waals surface area contributed by atoms with Gasteiger partial charge in [-0.25, -0.2) is 0 Å². The van der Waals surface area contributed by atoms with Crippen molar-refractivity contribution in [2.45, 2.75) is 26.7 Å². The van der Waals surface area contributed by atoms with Crippen LogP contribution in [0.2, 0.25) is 0 Å². The van der Waals surface area contributed by atoms with Gasteiger partial charge in [-0.1, -0.05) is 13.8 Å². The summed E-state index contributed by atoms with van der Waals surface area (Å²) >= 11 is 0. The largest absolute Gasteiger partial charge is 0.400 e. The van der Waals surface area contributed by atoms with E-state index in [1.165, 1.54) is 12.8 Å². The first-order valence-corrected chi connectivity index (χ1v) is 4.27. The van der Waals surface area contributed by atoms with E-state index in [0.29, 0.717) is 11.3 Å². The predicted molar refractivity (Wildman–Crippen MR) is 47.8 cm³/mol. The molecule has 0 atom stereocenters. The highest BCUT2D eigenvalue weighted by atomic mass is 14.8. The van der Waals surface area contributed by atoms with Crippen molar-refractivity contribution in [1.29, 1.82) is 0 Å². The molecule has 0 bridgehead atoms. The Morgan fingerprint density at radius 1 is 1.55 bits per heavy atom. The van der Waals surface area contributed by atoms with Crippen molar-refractivity contribution in [3.8, 4) is 0 Å². The van der Waals surface area contributed by atoms with Gasteiger partial charge in [-0.3, -0.25) is 0 Å². The molecule has 0 aromatic rings. The first kappa shape index (κ1) is 8.44. The molecule has 1 fully saturated rings. The highest BCUT2D eigenvalue weighted by Gasteiger charge is 2.47. The van der Waals surface area contributed by atoms with Crippen LogP contribution in [0.25, 0.3) is 0 Å². The molecule has 0 amide bonds. The molecule has 1 aliphatic rings. The van der Waals surface area contributed by atoms with E-state index < -0.39 is 0 Å². The number of nitrogens with one attached hydrogen (secondary N) is 1. The third kappa shape index (κ3) is 1.35. The standard InChI is InChI=1S/C9H18N2/c1-7(2)9(4-5-9)8(10)6-11-3/h6-7,11H,4-5,10H2,1-3H3/b8-6-. The molecule has 0 aromatic carbocycles. The van der Waals surface area contributed by atoms with Crippen molar-refractivity contribution in [2.75, 3.05) is 7.05 Å². The Bertz CT molecular complexity index is 166. The van der Waals surface area contributed by atoms with Crippen molar-refractivity contribution in [3.05, 3.63) is 11.9 Å². The van der Waals surface area contributed by atoms with Crippen molar-refractivity contribution < 1.29 is 0 Å². The molecular weight excluding hydrogens is 136 g/mol. The van der Waals surface area contributed by atoms with E-state index in [-0.39, 0.29) is 0 Å². The van der Waals surface area contributed by atoms with Gasteiger partial charge in [0.25, 0.3) is 0 Å². The summed E-state index contributed by atoms with van der Waals surface area (Å²) in [6, 6.07) is 0. The van der Waals surface area contributed by atoms with Gasteiger partial charge in [-0.05, 0) is 18.8 Å². The maximum absolute atomic E-state index is 5.92. The van der Waals surface area contributed by atoms with Crippen LogP contribution in [-0.4, -0.2) is 7.05 Å². The number of allylic oxidation sites excluding steroid dienone is 1. The van der Waals surface area contributed by atoms with Crippen molar-refractivity contribution >= 4 is 0 Å². The van der Waals surface area contributed by atoms with Gasteiger partial charge in [-0.15, -0.1) is 0 Å². The first-order valence-electron chi connectivity index (χ1n) is 4.27. The zero-order chi connectivity index (χ0) is 8.48. The summed E-state index contributed by atoms with van der Waals surface area (Å²) in [7, 11) is 1.89. The van der Waals surface area contributed by atoms with Gasteiger partial charge in [0.05, 0.1) is 0 Å². The fourth-order valence-corrected chi connectivity index (χ4v) is 1.63. The van der Waals surface area contributed by atoms with Gasteiger partial charge in [0.1, 0.15) is 0 Å². The highest BCUT2D eigenvalue weighted by Crippen LogP contribution is 2.55. The topological polar surface area (TPSA) is 38.0 Å². The van der Waals surface area contributed by atoms with E-state index >= 15 is 0 Å². The fourth-order valence-electron chi connectivity index (χ4n) is 1.63. The van der Waals surface area contributed by atoms with E-state index in [0.717, 1.165) is 5.70 Å². The normalized spacial score (nSPS) is 22.0. The Hall–Kier alpha value is -0.660. The maximum Gasteiger partial charge on any atom is 0.0305 e. The summed E-state index contributed by atoms with van der Waals surface area (Å²) in [6.45, 7) is 4.48. The molecule has 11 heavy (non-hydrogen) atoms. The first-order chi connectivity index (χ1) is 5.13. The summed E-state index contributed by atoms with van der Waals surface area (Å²) < 4.78 is 0. The van der Waals surface area contributed by atoms with Crippen LogP contribution in [0.1, 0.15) is 26.7 Å². The molecular formula is C9H18N2. The fraction of sp³-hybridized carbons (Fsp3) is 0.778. The molecule has 0 saturated heterocycles. The zero-order valence-electron chi connectivity index (χ0n) is 7.65. The molecule has 0 aromatic heterocycles. The van der Waals surface area contributed by atoms with Crippen LogP contribution >= 0.6 is 0 Å². The summed E-state index contributed by atoms with van der Waals surface area (Å²) in [4.78, 5) is 0. The van der Waals surface area contributed by atoms with E-state index in [4.69, 9.17) is 5.73 Å². The Morgan fingerprint density at radius 3 is 2.36 bits per heavy atom. The third-order valence-electron chi connectivity index (χ3n) is 2.77. The van der Waals surface area contributed by atoms with E-state index in [1.807, 2.05) is 13.2 Å². The molecule has 3 N–H and O–H groups in total. The average molecular weight is 154 g/mol. The summed E-state index contributed by atoms with van der Waals surface area (Å²) in [5.74, 6) is 0.673. The summed E-state index contributed by atoms with van der Waals surface area (Å²) in [6.07, 6.45) is 4.44. The number of hydrogen-bond acceptors (Lipinski definition) is 2. The minimum atomic E-state index is 0.336. The Labute approximate surface area is 68.9 Å². The maximum atomic E-state index is 5.92. The molecule has 0 spiro atoms. The number of hydrogen-bond donors (Lipinski definition) is 2. The van der Waals surface area contributed by atoms with Gasteiger partial charge in [0, 0.05) is 24.4 Å². The Morgan fingerprint density at radius 2 is 2.09 bits per heavy atom. The minimum absolute atomic E-state index is 0.336. The Balaban J connectivity index is 2.65. The summed E-state index contributed by atoms with van der Waals surface area (Å²) in [5.41, 5.74) is 7.28. The monoisotopic (exact) mass is 154 g/mol. The second kappa shape index (κ2) is 2.76. The zero-order valence-corrected chi connectivity index (χ0v) is 7.65. The third-order valence-corrected chi connectivity index (χ3v) is 2.77. The average Bonchev–Trinajstić information content (AvgIpc) is 2.66. The molecule has 0 radical (unpaired) electrons. The van der Waals surface area contributed by atoms with Crippen molar-refractivity contribution in [2.24, 2.45) is 17.1 Å². The van der Waals surface area contributed by atoms with Crippen molar-refractivity contribution in [3.63, 3.8) is 0 Å². The quantitative estimate of drug-likeness (QED) is 0.645. The predicted octanol–water partition coefficient (Wildman–Crippen LogP) is 1.44.